The van der Waals surface area contributed by atoms with Gasteiger partial charge in [-0.1, -0.05) is 35.6 Å². The molecule has 1 amide bonds. The summed E-state index contributed by atoms with van der Waals surface area (Å²) in [4.78, 5) is 23.9. The Morgan fingerprint density at radius 1 is 1.39 bits per heavy atom. The molecule has 1 aliphatic rings. The van der Waals surface area contributed by atoms with Gasteiger partial charge in [-0.2, -0.15) is 0 Å². The summed E-state index contributed by atoms with van der Waals surface area (Å²) < 4.78 is 1.74. The number of carbonyl (C=O) groups is 1. The first kappa shape index (κ1) is 16.0. The van der Waals surface area contributed by atoms with Crippen molar-refractivity contribution >= 4 is 17.2 Å². The van der Waals surface area contributed by atoms with Gasteiger partial charge in [-0.3, -0.25) is 9.59 Å². The lowest BCUT2D eigenvalue weighted by molar-refractivity contribution is -0.122. The second kappa shape index (κ2) is 7.13. The van der Waals surface area contributed by atoms with E-state index >= 15 is 0 Å². The normalized spacial score (nSPS) is 16.8. The minimum atomic E-state index is 0.0594. The van der Waals surface area contributed by atoms with E-state index in [0.717, 1.165) is 25.0 Å². The second-order valence-electron chi connectivity index (χ2n) is 6.11. The fourth-order valence-electron chi connectivity index (χ4n) is 3.24. The maximum atomic E-state index is 12.2. The van der Waals surface area contributed by atoms with E-state index in [1.807, 2.05) is 18.4 Å². The number of fused-ring (bicyclic) bond motifs is 1. The van der Waals surface area contributed by atoms with Crippen molar-refractivity contribution in [3.05, 3.63) is 56.1 Å². The van der Waals surface area contributed by atoms with Crippen molar-refractivity contribution in [1.82, 2.24) is 9.88 Å². The molecule has 0 aliphatic heterocycles. The quantitative estimate of drug-likeness (QED) is 0.915. The van der Waals surface area contributed by atoms with Crippen LogP contribution in [0.5, 0.6) is 0 Å². The van der Waals surface area contributed by atoms with Crippen LogP contribution in [0, 0.1) is 6.92 Å². The number of carbonyl (C=O) groups excluding carboxylic acids is 1. The molecule has 0 fully saturated rings. The van der Waals surface area contributed by atoms with E-state index in [9.17, 15) is 9.59 Å². The van der Waals surface area contributed by atoms with Gasteiger partial charge in [-0.05, 0) is 43.7 Å². The van der Waals surface area contributed by atoms with Crippen molar-refractivity contribution in [1.29, 1.82) is 0 Å². The standard InChI is InChI=1S/C18H22N2O2S/c1-13-12-23-18(22)20(13)11-5-10-17(21)19-16-9-4-7-14-6-2-3-8-15(14)16/h2-3,6,8,12,16H,4-5,7,9-11H2,1H3,(H,19,21). The fraction of sp³-hybridized carbons (Fsp3) is 0.444. The number of benzene rings is 1. The number of amides is 1. The largest absolute Gasteiger partial charge is 0.349 e. The van der Waals surface area contributed by atoms with Gasteiger partial charge in [0.05, 0.1) is 6.04 Å². The van der Waals surface area contributed by atoms with Crippen LogP contribution < -0.4 is 10.2 Å². The Labute approximate surface area is 140 Å². The highest BCUT2D eigenvalue weighted by Gasteiger charge is 2.21. The Morgan fingerprint density at radius 3 is 3.00 bits per heavy atom. The molecule has 1 aliphatic carbocycles. The number of hydrogen-bond acceptors (Lipinski definition) is 3. The summed E-state index contributed by atoms with van der Waals surface area (Å²) in [6, 6.07) is 8.50. The topological polar surface area (TPSA) is 51.1 Å². The zero-order chi connectivity index (χ0) is 16.2. The lowest BCUT2D eigenvalue weighted by atomic mass is 9.87. The Bertz CT molecular complexity index is 747. The number of aryl methyl sites for hydroxylation is 2. The molecule has 23 heavy (non-hydrogen) atoms. The predicted molar refractivity (Wildman–Crippen MR) is 92.8 cm³/mol. The van der Waals surface area contributed by atoms with E-state index in [1.54, 1.807) is 4.57 Å². The number of aromatic nitrogens is 1. The number of thiazole rings is 1. The molecule has 1 aromatic carbocycles. The van der Waals surface area contributed by atoms with Crippen LogP contribution >= 0.6 is 11.3 Å². The Hall–Kier alpha value is -1.88. The summed E-state index contributed by atoms with van der Waals surface area (Å²) in [5, 5.41) is 5.02. The first-order valence-corrected chi connectivity index (χ1v) is 9.05. The maximum Gasteiger partial charge on any atom is 0.307 e. The van der Waals surface area contributed by atoms with Gasteiger partial charge in [0.2, 0.25) is 5.91 Å². The lowest BCUT2D eigenvalue weighted by Crippen LogP contribution is -2.31. The molecule has 4 nitrogen and oxygen atoms in total. The van der Waals surface area contributed by atoms with Crippen molar-refractivity contribution < 1.29 is 4.79 Å². The van der Waals surface area contributed by atoms with Crippen molar-refractivity contribution in [2.75, 3.05) is 0 Å². The Balaban J connectivity index is 1.53. The maximum absolute atomic E-state index is 12.2. The van der Waals surface area contributed by atoms with Gasteiger partial charge in [-0.25, -0.2) is 0 Å². The van der Waals surface area contributed by atoms with Crippen molar-refractivity contribution in [2.45, 2.75) is 51.6 Å². The Morgan fingerprint density at radius 2 is 2.22 bits per heavy atom. The molecule has 3 rings (SSSR count). The van der Waals surface area contributed by atoms with Gasteiger partial charge in [0.25, 0.3) is 0 Å². The van der Waals surface area contributed by atoms with E-state index in [1.165, 1.54) is 22.5 Å². The van der Waals surface area contributed by atoms with Crippen LogP contribution in [-0.2, 0) is 17.8 Å². The highest BCUT2D eigenvalue weighted by atomic mass is 32.1. The summed E-state index contributed by atoms with van der Waals surface area (Å²) in [5.41, 5.74) is 3.59. The number of nitrogens with one attached hydrogen (secondary N) is 1. The van der Waals surface area contributed by atoms with Crippen LogP contribution in [0.2, 0.25) is 0 Å². The van der Waals surface area contributed by atoms with E-state index in [2.05, 4.69) is 23.5 Å². The van der Waals surface area contributed by atoms with Crippen molar-refractivity contribution in [2.24, 2.45) is 0 Å². The van der Waals surface area contributed by atoms with Crippen molar-refractivity contribution in [3.63, 3.8) is 0 Å². The summed E-state index contributed by atoms with van der Waals surface area (Å²) in [7, 11) is 0. The summed E-state index contributed by atoms with van der Waals surface area (Å²) in [6.45, 7) is 2.54. The number of rotatable bonds is 5. The smallest absolute Gasteiger partial charge is 0.307 e. The van der Waals surface area contributed by atoms with Crippen LogP contribution in [0.25, 0.3) is 0 Å². The molecule has 0 saturated carbocycles. The highest BCUT2D eigenvalue weighted by Crippen LogP contribution is 2.29. The van der Waals surface area contributed by atoms with Crippen LogP contribution in [0.3, 0.4) is 0 Å². The van der Waals surface area contributed by atoms with E-state index in [4.69, 9.17) is 0 Å². The van der Waals surface area contributed by atoms with Crippen LogP contribution in [0.15, 0.2) is 34.4 Å². The van der Waals surface area contributed by atoms with E-state index < -0.39 is 0 Å². The van der Waals surface area contributed by atoms with Crippen LogP contribution in [-0.4, -0.2) is 10.5 Å². The van der Waals surface area contributed by atoms with Gasteiger partial charge >= 0.3 is 4.87 Å². The third kappa shape index (κ3) is 3.72. The second-order valence-corrected chi connectivity index (χ2v) is 6.93. The van der Waals surface area contributed by atoms with E-state index in [0.29, 0.717) is 19.4 Å². The fourth-order valence-corrected chi connectivity index (χ4v) is 4.00. The van der Waals surface area contributed by atoms with Gasteiger partial charge in [-0.15, -0.1) is 0 Å². The molecule has 122 valence electrons. The number of hydrogen-bond donors (Lipinski definition) is 1. The molecule has 1 atom stereocenters. The molecule has 1 unspecified atom stereocenters. The number of nitrogens with zero attached hydrogens (tertiary/aromatic N) is 1. The molecule has 0 spiro atoms. The summed E-state index contributed by atoms with van der Waals surface area (Å²) >= 11 is 1.22. The molecule has 0 bridgehead atoms. The minimum Gasteiger partial charge on any atom is -0.349 e. The summed E-state index contributed by atoms with van der Waals surface area (Å²) in [6.07, 6.45) is 4.37. The van der Waals surface area contributed by atoms with Crippen molar-refractivity contribution in [3.8, 4) is 0 Å². The first-order valence-electron chi connectivity index (χ1n) is 8.17. The molecule has 0 saturated heterocycles. The molecule has 1 N–H and O–H groups in total. The van der Waals surface area contributed by atoms with E-state index in [-0.39, 0.29) is 16.8 Å². The molecule has 5 heteroatoms. The summed E-state index contributed by atoms with van der Waals surface area (Å²) in [5.74, 6) is 0.0765. The van der Waals surface area contributed by atoms with Gasteiger partial charge in [0.1, 0.15) is 0 Å². The van der Waals surface area contributed by atoms with Gasteiger partial charge in [0, 0.05) is 24.0 Å². The average molecular weight is 330 g/mol. The molecular weight excluding hydrogens is 308 g/mol. The SMILES string of the molecule is Cc1csc(=O)n1CCCC(=O)NC1CCCc2ccccc21. The minimum absolute atomic E-state index is 0.0594. The highest BCUT2D eigenvalue weighted by molar-refractivity contribution is 7.07. The molecule has 2 aromatic rings. The van der Waals surface area contributed by atoms with Crippen LogP contribution in [0.1, 0.15) is 48.5 Å². The Kier molecular flexibility index (Phi) is 4.96. The predicted octanol–water partition coefficient (Wildman–Crippen LogP) is 3.19. The zero-order valence-electron chi connectivity index (χ0n) is 13.4. The first-order chi connectivity index (χ1) is 11.1. The van der Waals surface area contributed by atoms with Gasteiger partial charge < -0.3 is 9.88 Å². The average Bonchev–Trinajstić information content (AvgIpc) is 2.87. The van der Waals surface area contributed by atoms with Gasteiger partial charge in [0.15, 0.2) is 0 Å². The molecular formula is C18H22N2O2S. The third-order valence-electron chi connectivity index (χ3n) is 4.47. The zero-order valence-corrected chi connectivity index (χ0v) is 14.2. The molecule has 0 radical (unpaired) electrons. The molecule has 1 heterocycles. The molecule has 1 aromatic heterocycles. The van der Waals surface area contributed by atoms with Crippen LogP contribution in [0.4, 0.5) is 0 Å². The lowest BCUT2D eigenvalue weighted by Gasteiger charge is -2.26. The third-order valence-corrected chi connectivity index (χ3v) is 5.35. The monoisotopic (exact) mass is 330 g/mol.